The Morgan fingerprint density at radius 3 is 2.75 bits per heavy atom. The number of carbonyl (C=O) groups is 2. The number of furan rings is 1. The standard InChI is InChI=1S/C24H25BrN2O5/c1-15(16-7-5-4-6-8-16)26-23(29)24(2)14-31-20-18-10-9-17(25)13-19(18)32-21(20)22(28)27(24)11-12-30-3/h4-10,13,15H,11-12,14H2,1-3H3,(H,26,29)/t15?,24-/m1/s1. The summed E-state index contributed by atoms with van der Waals surface area (Å²) in [5.74, 6) is -0.281. The predicted octanol–water partition coefficient (Wildman–Crippen LogP) is 4.31. The second-order valence-corrected chi connectivity index (χ2v) is 8.93. The molecule has 3 aromatic rings. The highest BCUT2D eigenvalue weighted by atomic mass is 79.9. The van der Waals surface area contributed by atoms with Gasteiger partial charge in [0.05, 0.1) is 18.0 Å². The molecule has 0 saturated carbocycles. The minimum Gasteiger partial charge on any atom is -0.486 e. The Morgan fingerprint density at radius 2 is 2.03 bits per heavy atom. The van der Waals surface area contributed by atoms with Crippen LogP contribution in [0.2, 0.25) is 0 Å². The van der Waals surface area contributed by atoms with Gasteiger partial charge in [0.25, 0.3) is 5.91 Å². The number of ether oxygens (including phenoxy) is 2. The highest BCUT2D eigenvalue weighted by Crippen LogP contribution is 2.39. The van der Waals surface area contributed by atoms with Gasteiger partial charge in [0.15, 0.2) is 11.3 Å². The lowest BCUT2D eigenvalue weighted by molar-refractivity contribution is -0.133. The molecule has 0 fully saturated rings. The predicted molar refractivity (Wildman–Crippen MR) is 124 cm³/mol. The van der Waals surface area contributed by atoms with Gasteiger partial charge in [-0.3, -0.25) is 9.59 Å². The first kappa shape index (κ1) is 22.4. The molecule has 8 heteroatoms. The van der Waals surface area contributed by atoms with Crippen LogP contribution in [0.5, 0.6) is 5.75 Å². The molecule has 2 aromatic carbocycles. The lowest BCUT2D eigenvalue weighted by Crippen LogP contribution is -2.62. The number of nitrogens with zero attached hydrogens (tertiary/aromatic N) is 1. The fourth-order valence-electron chi connectivity index (χ4n) is 3.86. The third-order valence-corrected chi connectivity index (χ3v) is 6.29. The molecule has 0 aliphatic carbocycles. The number of amides is 2. The fraction of sp³-hybridized carbons (Fsp3) is 0.333. The van der Waals surface area contributed by atoms with Gasteiger partial charge in [-0.1, -0.05) is 46.3 Å². The molecular weight excluding hydrogens is 476 g/mol. The van der Waals surface area contributed by atoms with E-state index < -0.39 is 11.4 Å². The lowest BCUT2D eigenvalue weighted by Gasteiger charge is -2.38. The van der Waals surface area contributed by atoms with Crippen LogP contribution >= 0.6 is 15.9 Å². The Morgan fingerprint density at radius 1 is 1.28 bits per heavy atom. The van der Waals surface area contributed by atoms with E-state index in [1.54, 1.807) is 20.1 Å². The molecule has 1 aromatic heterocycles. The smallest absolute Gasteiger partial charge is 0.294 e. The minimum absolute atomic E-state index is 0.0203. The molecule has 1 aliphatic heterocycles. The van der Waals surface area contributed by atoms with Gasteiger partial charge in [0, 0.05) is 18.1 Å². The SMILES string of the molecule is COCCN1C(=O)c2oc3cc(Br)ccc3c2OC[C@]1(C)C(=O)NC(C)c1ccccc1. The zero-order chi connectivity index (χ0) is 22.9. The molecule has 2 heterocycles. The molecule has 2 amide bonds. The number of benzene rings is 2. The van der Waals surface area contributed by atoms with Crippen LogP contribution in [-0.2, 0) is 9.53 Å². The summed E-state index contributed by atoms with van der Waals surface area (Å²) in [6.45, 7) is 4.07. The van der Waals surface area contributed by atoms with Crippen LogP contribution in [-0.4, -0.2) is 49.1 Å². The molecule has 32 heavy (non-hydrogen) atoms. The zero-order valence-electron chi connectivity index (χ0n) is 18.2. The maximum Gasteiger partial charge on any atom is 0.294 e. The second-order valence-electron chi connectivity index (χ2n) is 8.02. The number of methoxy groups -OCH3 is 1. The number of hydrogen-bond donors (Lipinski definition) is 1. The Kier molecular flexibility index (Phi) is 6.26. The quantitative estimate of drug-likeness (QED) is 0.545. The minimum atomic E-state index is -1.26. The first-order chi connectivity index (χ1) is 15.3. The third kappa shape index (κ3) is 4.00. The maximum atomic E-state index is 13.6. The van der Waals surface area contributed by atoms with Crippen LogP contribution in [0.25, 0.3) is 11.0 Å². The third-order valence-electron chi connectivity index (χ3n) is 5.79. The molecule has 7 nitrogen and oxygen atoms in total. The van der Waals surface area contributed by atoms with Crippen molar-refractivity contribution >= 4 is 38.7 Å². The highest BCUT2D eigenvalue weighted by molar-refractivity contribution is 9.10. The van der Waals surface area contributed by atoms with E-state index in [1.165, 1.54) is 4.90 Å². The van der Waals surface area contributed by atoms with Gasteiger partial charge in [-0.2, -0.15) is 0 Å². The van der Waals surface area contributed by atoms with E-state index in [0.717, 1.165) is 10.0 Å². The summed E-state index contributed by atoms with van der Waals surface area (Å²) >= 11 is 3.42. The largest absolute Gasteiger partial charge is 0.486 e. The van der Waals surface area contributed by atoms with Crippen LogP contribution in [0.1, 0.15) is 36.0 Å². The first-order valence-electron chi connectivity index (χ1n) is 10.4. The monoisotopic (exact) mass is 500 g/mol. The first-order valence-corrected chi connectivity index (χ1v) is 11.2. The van der Waals surface area contributed by atoms with Crippen molar-refractivity contribution in [2.75, 3.05) is 26.9 Å². The van der Waals surface area contributed by atoms with Gasteiger partial charge in [-0.15, -0.1) is 0 Å². The molecule has 1 N–H and O–H groups in total. The molecule has 0 saturated heterocycles. The van der Waals surface area contributed by atoms with E-state index in [4.69, 9.17) is 13.9 Å². The van der Waals surface area contributed by atoms with Gasteiger partial charge in [-0.05, 0) is 37.6 Å². The van der Waals surface area contributed by atoms with Crippen molar-refractivity contribution in [2.45, 2.75) is 25.4 Å². The van der Waals surface area contributed by atoms with Gasteiger partial charge < -0.3 is 24.1 Å². The Bertz CT molecular complexity index is 1150. The van der Waals surface area contributed by atoms with Gasteiger partial charge in [0.2, 0.25) is 11.7 Å². The van der Waals surface area contributed by atoms with Crippen LogP contribution in [0.15, 0.2) is 57.4 Å². The molecule has 2 atom stereocenters. The number of halogens is 1. The molecule has 4 rings (SSSR count). The van der Waals surface area contributed by atoms with Crippen molar-refractivity contribution in [3.8, 4) is 5.75 Å². The van der Waals surface area contributed by atoms with Crippen LogP contribution in [0.3, 0.4) is 0 Å². The average molecular weight is 501 g/mol. The van der Waals surface area contributed by atoms with Crippen molar-refractivity contribution in [2.24, 2.45) is 0 Å². The summed E-state index contributed by atoms with van der Waals surface area (Å²) in [6.07, 6.45) is 0. The summed E-state index contributed by atoms with van der Waals surface area (Å²) in [7, 11) is 1.55. The van der Waals surface area contributed by atoms with Gasteiger partial charge in [0.1, 0.15) is 12.2 Å². The van der Waals surface area contributed by atoms with E-state index >= 15 is 0 Å². The normalized spacial score (nSPS) is 19.2. The summed E-state index contributed by atoms with van der Waals surface area (Å²) in [6, 6.07) is 14.9. The molecule has 168 valence electrons. The average Bonchev–Trinajstić information content (AvgIpc) is 3.11. The zero-order valence-corrected chi connectivity index (χ0v) is 19.8. The molecule has 1 unspecified atom stereocenters. The van der Waals surface area contributed by atoms with Crippen molar-refractivity contribution < 1.29 is 23.5 Å². The van der Waals surface area contributed by atoms with Gasteiger partial charge in [-0.25, -0.2) is 0 Å². The molecule has 1 aliphatic rings. The highest BCUT2D eigenvalue weighted by Gasteiger charge is 2.48. The van der Waals surface area contributed by atoms with Crippen molar-refractivity contribution in [3.63, 3.8) is 0 Å². The summed E-state index contributed by atoms with van der Waals surface area (Å²) in [5, 5.41) is 3.72. The van der Waals surface area contributed by atoms with E-state index in [2.05, 4.69) is 21.2 Å². The molecular formula is C24H25BrN2O5. The molecule has 0 radical (unpaired) electrons. The summed E-state index contributed by atoms with van der Waals surface area (Å²) < 4.78 is 18.0. The van der Waals surface area contributed by atoms with E-state index in [9.17, 15) is 9.59 Å². The Balaban J connectivity index is 1.69. The van der Waals surface area contributed by atoms with Crippen molar-refractivity contribution in [1.29, 1.82) is 0 Å². The maximum absolute atomic E-state index is 13.6. The van der Waals surface area contributed by atoms with Crippen LogP contribution in [0, 0.1) is 0 Å². The van der Waals surface area contributed by atoms with Crippen molar-refractivity contribution in [3.05, 3.63) is 64.3 Å². The van der Waals surface area contributed by atoms with Crippen LogP contribution < -0.4 is 10.1 Å². The lowest BCUT2D eigenvalue weighted by atomic mass is 9.98. The van der Waals surface area contributed by atoms with E-state index in [1.807, 2.05) is 49.4 Å². The molecule has 0 bridgehead atoms. The fourth-order valence-corrected chi connectivity index (χ4v) is 4.20. The number of nitrogens with one attached hydrogen (secondary N) is 1. The Labute approximate surface area is 194 Å². The number of carbonyl (C=O) groups excluding carboxylic acids is 2. The second kappa shape index (κ2) is 8.96. The number of fused-ring (bicyclic) bond motifs is 3. The summed E-state index contributed by atoms with van der Waals surface area (Å²) in [5.41, 5.74) is 0.245. The Hall–Kier alpha value is -2.84. The summed E-state index contributed by atoms with van der Waals surface area (Å²) in [4.78, 5) is 28.6. The van der Waals surface area contributed by atoms with Crippen molar-refractivity contribution in [1.82, 2.24) is 10.2 Å². The van der Waals surface area contributed by atoms with Crippen LogP contribution in [0.4, 0.5) is 0 Å². The molecule has 0 spiro atoms. The van der Waals surface area contributed by atoms with E-state index in [-0.39, 0.29) is 37.5 Å². The van der Waals surface area contributed by atoms with Gasteiger partial charge >= 0.3 is 0 Å². The topological polar surface area (TPSA) is 81.0 Å². The van der Waals surface area contributed by atoms with E-state index in [0.29, 0.717) is 16.7 Å². The number of rotatable bonds is 6. The number of hydrogen-bond acceptors (Lipinski definition) is 5.